The van der Waals surface area contributed by atoms with Crippen LogP contribution in [0.1, 0.15) is 24.6 Å². The molecule has 1 N–H and O–H groups in total. The maximum Gasteiger partial charge on any atom is 0.230 e. The molecule has 0 saturated heterocycles. The number of nitrogens with one attached hydrogen (secondary N) is 1. The maximum atomic E-state index is 12.2. The first-order chi connectivity index (χ1) is 11.7. The number of aromatic nitrogens is 1. The maximum absolute atomic E-state index is 12.2. The van der Waals surface area contributed by atoms with Crippen LogP contribution in [0, 0.1) is 5.92 Å². The Kier molecular flexibility index (Phi) is 3.82. The van der Waals surface area contributed by atoms with Gasteiger partial charge in [0, 0.05) is 5.38 Å². The molecule has 5 nitrogen and oxygen atoms in total. The fourth-order valence-electron chi connectivity index (χ4n) is 2.68. The molecule has 1 atom stereocenters. The van der Waals surface area contributed by atoms with Crippen molar-refractivity contribution in [3.8, 4) is 0 Å². The molecule has 0 bridgehead atoms. The summed E-state index contributed by atoms with van der Waals surface area (Å²) in [7, 11) is 0. The van der Waals surface area contributed by atoms with Gasteiger partial charge in [-0.15, -0.1) is 11.3 Å². The van der Waals surface area contributed by atoms with Crippen molar-refractivity contribution in [3.05, 3.63) is 53.1 Å². The highest BCUT2D eigenvalue weighted by molar-refractivity contribution is 7.14. The van der Waals surface area contributed by atoms with Crippen molar-refractivity contribution in [2.45, 2.75) is 19.8 Å². The quantitative estimate of drug-likeness (QED) is 0.702. The third kappa shape index (κ3) is 3.05. The Morgan fingerprint density at radius 2 is 2.25 bits per heavy atom. The Labute approximate surface area is 142 Å². The van der Waals surface area contributed by atoms with Gasteiger partial charge < -0.3 is 5.32 Å². The topological polar surface area (TPSA) is 68.3 Å². The smallest absolute Gasteiger partial charge is 0.230 e. The minimum absolute atomic E-state index is 0.0994. The summed E-state index contributed by atoms with van der Waals surface area (Å²) in [6, 6.07) is 5.46. The second-order valence-corrected chi connectivity index (χ2v) is 6.81. The van der Waals surface area contributed by atoms with Crippen molar-refractivity contribution in [3.63, 3.8) is 0 Å². The van der Waals surface area contributed by atoms with Crippen LogP contribution in [0.4, 0.5) is 5.13 Å². The van der Waals surface area contributed by atoms with E-state index in [4.69, 9.17) is 9.15 Å². The number of allylic oxidation sites excluding steroid dienone is 4. The second-order valence-electron chi connectivity index (χ2n) is 5.95. The molecule has 1 amide bonds. The molecule has 2 aromatic heterocycles. The van der Waals surface area contributed by atoms with Crippen LogP contribution in [-0.2, 0) is 11.2 Å². The van der Waals surface area contributed by atoms with E-state index in [1.807, 2.05) is 17.5 Å². The average molecular weight is 340 g/mol. The second kappa shape index (κ2) is 6.13. The van der Waals surface area contributed by atoms with Crippen molar-refractivity contribution >= 4 is 39.1 Å². The van der Waals surface area contributed by atoms with E-state index in [1.54, 1.807) is 6.07 Å². The molecule has 1 aliphatic rings. The number of anilines is 1. The number of benzene rings is 1. The Morgan fingerprint density at radius 3 is 3.00 bits per heavy atom. The first kappa shape index (κ1) is 15.0. The lowest BCUT2D eigenvalue weighted by molar-refractivity contribution is -0.115. The number of thiazole rings is 1. The summed E-state index contributed by atoms with van der Waals surface area (Å²) in [5, 5.41) is 5.45. The largest absolute Gasteiger partial charge is 0.302 e. The number of amides is 1. The first-order valence-electron chi connectivity index (χ1n) is 7.79. The van der Waals surface area contributed by atoms with Crippen LogP contribution in [-0.4, -0.2) is 10.9 Å². The molecule has 6 heteroatoms. The molecular weight excluding hydrogens is 324 g/mol. The minimum atomic E-state index is -0.0994. The van der Waals surface area contributed by atoms with Crippen LogP contribution in [0.25, 0.3) is 16.7 Å². The Balaban J connectivity index is 1.42. The molecule has 24 heavy (non-hydrogen) atoms. The zero-order valence-electron chi connectivity index (χ0n) is 13.1. The lowest BCUT2D eigenvalue weighted by Gasteiger charge is -2.10. The van der Waals surface area contributed by atoms with Gasteiger partial charge in [0.25, 0.3) is 0 Å². The molecule has 122 valence electrons. The van der Waals surface area contributed by atoms with Gasteiger partial charge in [-0.25, -0.2) is 4.98 Å². The van der Waals surface area contributed by atoms with Crippen molar-refractivity contribution < 1.29 is 13.9 Å². The van der Waals surface area contributed by atoms with Crippen LogP contribution in [0.2, 0.25) is 0 Å². The molecular formula is C18H16N2O3S. The SMILES string of the molecule is CC1C=C(c2csc(NC(=O)Cc3ccc4ooc4c3)n2)C=CC1. The molecule has 1 aliphatic carbocycles. The third-order valence-corrected chi connectivity index (χ3v) is 4.67. The number of hydrogen-bond acceptors (Lipinski definition) is 5. The summed E-state index contributed by atoms with van der Waals surface area (Å²) in [4.78, 5) is 16.7. The van der Waals surface area contributed by atoms with Gasteiger partial charge in [0.2, 0.25) is 17.1 Å². The Morgan fingerprint density at radius 1 is 1.38 bits per heavy atom. The fraction of sp³-hybridized carbons (Fsp3) is 0.222. The van der Waals surface area contributed by atoms with Crippen LogP contribution in [0.15, 0.2) is 51.0 Å². The van der Waals surface area contributed by atoms with Crippen LogP contribution in [0.5, 0.6) is 0 Å². The lowest BCUT2D eigenvalue weighted by Crippen LogP contribution is -2.14. The van der Waals surface area contributed by atoms with E-state index in [0.29, 0.717) is 22.2 Å². The number of hydrogen-bond donors (Lipinski definition) is 1. The van der Waals surface area contributed by atoms with E-state index in [9.17, 15) is 4.79 Å². The molecule has 0 aliphatic heterocycles. The summed E-state index contributed by atoms with van der Waals surface area (Å²) in [5.41, 5.74) is 4.27. The van der Waals surface area contributed by atoms with Gasteiger partial charge >= 0.3 is 0 Å². The van der Waals surface area contributed by atoms with Crippen LogP contribution >= 0.6 is 11.3 Å². The molecule has 4 rings (SSSR count). The van der Waals surface area contributed by atoms with Gasteiger partial charge in [0.1, 0.15) is 0 Å². The summed E-state index contributed by atoms with van der Waals surface area (Å²) in [6.45, 7) is 2.18. The molecule has 2 heterocycles. The zero-order chi connectivity index (χ0) is 16.5. The predicted octanol–water partition coefficient (Wildman–Crippen LogP) is 4.64. The molecule has 0 fully saturated rings. The van der Waals surface area contributed by atoms with E-state index in [1.165, 1.54) is 11.3 Å². The average Bonchev–Trinajstić information content (AvgIpc) is 2.98. The Hall–Kier alpha value is -2.60. The van der Waals surface area contributed by atoms with Gasteiger partial charge in [0.15, 0.2) is 5.13 Å². The number of nitrogens with zero attached hydrogens (tertiary/aromatic N) is 1. The summed E-state index contributed by atoms with van der Waals surface area (Å²) < 4.78 is 9.62. The van der Waals surface area contributed by atoms with Crippen molar-refractivity contribution in [2.24, 2.45) is 5.92 Å². The first-order valence-corrected chi connectivity index (χ1v) is 8.67. The van der Waals surface area contributed by atoms with Crippen molar-refractivity contribution in [1.82, 2.24) is 4.98 Å². The van der Waals surface area contributed by atoms with Crippen LogP contribution in [0.3, 0.4) is 0 Å². The van der Waals surface area contributed by atoms with Gasteiger partial charge in [-0.1, -0.05) is 31.2 Å². The van der Waals surface area contributed by atoms with Gasteiger partial charge in [0.05, 0.1) is 12.1 Å². The van der Waals surface area contributed by atoms with Crippen LogP contribution < -0.4 is 5.32 Å². The standard InChI is InChI=1S/C18H16N2O3S/c1-11-3-2-4-13(7-11)14-10-24-18(19-14)20-17(21)9-12-5-6-15-16(8-12)23-22-15/h2,4-8,10-11H,3,9H2,1H3,(H,19,20,21). The summed E-state index contributed by atoms with van der Waals surface area (Å²) >= 11 is 1.44. The van der Waals surface area contributed by atoms with Gasteiger partial charge in [-0.2, -0.15) is 0 Å². The molecule has 1 aromatic carbocycles. The molecule has 0 spiro atoms. The van der Waals surface area contributed by atoms with Crippen molar-refractivity contribution in [1.29, 1.82) is 0 Å². The molecule has 3 aromatic rings. The normalized spacial score (nSPS) is 17.2. The minimum Gasteiger partial charge on any atom is -0.302 e. The number of carbonyl (C=O) groups excluding carboxylic acids is 1. The molecule has 0 radical (unpaired) electrons. The van der Waals surface area contributed by atoms with E-state index < -0.39 is 0 Å². The van der Waals surface area contributed by atoms with Crippen molar-refractivity contribution in [2.75, 3.05) is 5.32 Å². The van der Waals surface area contributed by atoms with E-state index in [0.717, 1.165) is 23.3 Å². The van der Waals surface area contributed by atoms with Gasteiger partial charge in [-0.3, -0.25) is 13.9 Å². The number of rotatable bonds is 4. The van der Waals surface area contributed by atoms with Gasteiger partial charge in [-0.05, 0) is 35.6 Å². The predicted molar refractivity (Wildman–Crippen MR) is 93.8 cm³/mol. The highest BCUT2D eigenvalue weighted by Crippen LogP contribution is 2.27. The molecule has 1 unspecified atom stereocenters. The zero-order valence-corrected chi connectivity index (χ0v) is 13.9. The summed E-state index contributed by atoms with van der Waals surface area (Å²) in [5.74, 6) is 0.421. The number of carbonyl (C=O) groups is 1. The highest BCUT2D eigenvalue weighted by Gasteiger charge is 2.13. The lowest BCUT2D eigenvalue weighted by atomic mass is 9.97. The molecule has 0 saturated carbocycles. The monoisotopic (exact) mass is 340 g/mol. The van der Waals surface area contributed by atoms with E-state index in [-0.39, 0.29) is 12.3 Å². The Bertz CT molecular complexity index is 944. The third-order valence-electron chi connectivity index (χ3n) is 3.91. The fourth-order valence-corrected chi connectivity index (χ4v) is 3.41. The summed E-state index contributed by atoms with van der Waals surface area (Å²) in [6.07, 6.45) is 7.79. The van der Waals surface area contributed by atoms with E-state index >= 15 is 0 Å². The highest BCUT2D eigenvalue weighted by atomic mass is 32.1. The number of fused-ring (bicyclic) bond motifs is 1. The van der Waals surface area contributed by atoms with E-state index in [2.05, 4.69) is 35.5 Å².